The molecule has 1 saturated heterocycles. The van der Waals surface area contributed by atoms with E-state index in [9.17, 15) is 24.6 Å². The Balaban J connectivity index is 2.46. The first kappa shape index (κ1) is 13.6. The highest BCUT2D eigenvalue weighted by molar-refractivity contribution is 5.73. The highest BCUT2D eigenvalue weighted by Gasteiger charge is 2.43. The molecule has 19 heavy (non-hydrogen) atoms. The fraction of sp³-hybridized carbons (Fsp3) is 0.500. The molecule has 0 aliphatic carbocycles. The van der Waals surface area contributed by atoms with Crippen LogP contribution in [0.25, 0.3) is 0 Å². The van der Waals surface area contributed by atoms with E-state index in [1.54, 1.807) is 0 Å². The Morgan fingerprint density at radius 1 is 1.37 bits per heavy atom. The zero-order valence-corrected chi connectivity index (χ0v) is 9.52. The fourth-order valence-electron chi connectivity index (χ4n) is 1.86. The van der Waals surface area contributed by atoms with Crippen molar-refractivity contribution in [2.75, 3.05) is 6.61 Å². The van der Waals surface area contributed by atoms with E-state index in [-0.39, 0.29) is 0 Å². The number of nitrogens with zero attached hydrogens (tertiary/aromatic N) is 1. The summed E-state index contributed by atoms with van der Waals surface area (Å²) < 4.78 is 5.86. The number of H-pyrrole nitrogens is 1. The van der Waals surface area contributed by atoms with Crippen molar-refractivity contribution in [2.45, 2.75) is 24.5 Å². The Morgan fingerprint density at radius 3 is 2.58 bits per heavy atom. The minimum absolute atomic E-state index is 0.447. The molecule has 1 aliphatic rings. The minimum atomic E-state index is -1.49. The minimum Gasteiger partial charge on any atom is -0.394 e. The van der Waals surface area contributed by atoms with Crippen molar-refractivity contribution >= 4 is 6.29 Å². The normalized spacial score (nSPS) is 30.5. The highest BCUT2D eigenvalue weighted by Crippen LogP contribution is 2.27. The van der Waals surface area contributed by atoms with Crippen LogP contribution >= 0.6 is 0 Å². The third kappa shape index (κ3) is 2.24. The second-order valence-electron chi connectivity index (χ2n) is 4.04. The van der Waals surface area contributed by atoms with Gasteiger partial charge in [-0.15, -0.1) is 0 Å². The van der Waals surface area contributed by atoms with Crippen LogP contribution in [-0.2, 0) is 9.53 Å². The van der Waals surface area contributed by atoms with Crippen LogP contribution in [0.4, 0.5) is 0 Å². The lowest BCUT2D eigenvalue weighted by Gasteiger charge is -2.17. The molecule has 1 fully saturated rings. The summed E-state index contributed by atoms with van der Waals surface area (Å²) in [6.45, 7) is -0.556. The van der Waals surface area contributed by atoms with E-state index >= 15 is 0 Å². The Kier molecular flexibility index (Phi) is 3.62. The number of aromatic nitrogens is 2. The molecule has 1 aliphatic heterocycles. The maximum Gasteiger partial charge on any atom is 0.330 e. The summed E-state index contributed by atoms with van der Waals surface area (Å²) in [5.41, 5.74) is -2.28. The number of carbonyl (C=O) groups excluding carboxylic acids is 1. The Morgan fingerprint density at radius 2 is 2.05 bits per heavy atom. The van der Waals surface area contributed by atoms with Crippen molar-refractivity contribution in [3.8, 4) is 0 Å². The zero-order valence-electron chi connectivity index (χ0n) is 9.52. The average molecular weight is 271 g/mol. The molecular weight excluding hydrogens is 260 g/mol. The first-order valence-corrected chi connectivity index (χ1v) is 5.35. The smallest absolute Gasteiger partial charge is 0.330 e. The average Bonchev–Trinajstić information content (AvgIpc) is 2.67. The molecule has 0 amide bonds. The van der Waals surface area contributed by atoms with Gasteiger partial charge in [0, 0.05) is 6.20 Å². The van der Waals surface area contributed by atoms with Crippen LogP contribution in [0.15, 0.2) is 15.8 Å². The van der Waals surface area contributed by atoms with Gasteiger partial charge in [0.1, 0.15) is 23.9 Å². The van der Waals surface area contributed by atoms with Crippen molar-refractivity contribution < 1.29 is 24.9 Å². The van der Waals surface area contributed by atoms with E-state index in [0.29, 0.717) is 0 Å². The number of hydrogen-bond donors (Lipinski definition) is 4. The van der Waals surface area contributed by atoms with E-state index in [4.69, 9.17) is 9.84 Å². The Bertz CT molecular complexity index is 592. The molecule has 9 heteroatoms. The number of aliphatic hydroxyl groups excluding tert-OH is 3. The van der Waals surface area contributed by atoms with Gasteiger partial charge < -0.3 is 20.1 Å². The van der Waals surface area contributed by atoms with Crippen molar-refractivity contribution in [1.29, 1.82) is 0 Å². The van der Waals surface area contributed by atoms with E-state index in [2.05, 4.69) is 0 Å². The Hall–Kier alpha value is -1.81. The molecule has 2 rings (SSSR count). The number of ether oxygens (including phenoxy) is 1. The molecule has 1 aromatic heterocycles. The largest absolute Gasteiger partial charge is 0.394 e. The first-order valence-electron chi connectivity index (χ1n) is 5.35. The molecule has 1 aromatic rings. The summed E-state index contributed by atoms with van der Waals surface area (Å²) >= 11 is 0. The fourth-order valence-corrected chi connectivity index (χ4v) is 1.86. The van der Waals surface area contributed by atoms with Crippen LogP contribution in [0.1, 0.15) is 11.8 Å². The number of rotatable bonds is 3. The third-order valence-electron chi connectivity index (χ3n) is 2.87. The second-order valence-corrected chi connectivity index (χ2v) is 4.04. The van der Waals surface area contributed by atoms with Crippen molar-refractivity contribution in [1.82, 2.24) is 9.55 Å². The summed E-state index contributed by atoms with van der Waals surface area (Å²) in [5.74, 6) is 0. The topological polar surface area (TPSA) is 142 Å². The van der Waals surface area contributed by atoms with Gasteiger partial charge in [-0.1, -0.05) is 0 Å². The second kappa shape index (κ2) is 5.05. The predicted octanol–water partition coefficient (Wildman–Crippen LogP) is -3.39. The van der Waals surface area contributed by atoms with Crippen LogP contribution in [0.3, 0.4) is 0 Å². The summed E-state index contributed by atoms with van der Waals surface area (Å²) in [6.07, 6.45) is -3.06. The number of hydrogen-bond acceptors (Lipinski definition) is 7. The number of nitrogens with one attached hydrogen (secondary N) is 1. The van der Waals surface area contributed by atoms with Gasteiger partial charge in [-0.2, -0.15) is 0 Å². The van der Waals surface area contributed by atoms with E-state index in [1.807, 2.05) is 4.98 Å². The summed E-state index contributed by atoms with van der Waals surface area (Å²) in [6, 6.07) is 0. The van der Waals surface area contributed by atoms with Gasteiger partial charge in [-0.05, 0) is 0 Å². The molecule has 4 atom stereocenters. The van der Waals surface area contributed by atoms with Gasteiger partial charge in [-0.25, -0.2) is 4.79 Å². The molecule has 2 heterocycles. The zero-order chi connectivity index (χ0) is 14.2. The molecule has 0 spiro atoms. The van der Waals surface area contributed by atoms with Crippen molar-refractivity contribution in [3.05, 3.63) is 32.6 Å². The lowest BCUT2D eigenvalue weighted by molar-refractivity contribution is -0.0550. The third-order valence-corrected chi connectivity index (χ3v) is 2.87. The summed E-state index contributed by atoms with van der Waals surface area (Å²) in [7, 11) is 0. The number of aromatic amines is 1. The van der Waals surface area contributed by atoms with Crippen molar-refractivity contribution in [3.63, 3.8) is 0 Å². The van der Waals surface area contributed by atoms with Crippen LogP contribution in [0.2, 0.25) is 0 Å². The SMILES string of the molecule is O=[C]c1cn([C@@H]2O[C@H](CO)[C@@H](O)[C@H]2O)c(=O)[nH]c1=O. The maximum absolute atomic E-state index is 11.6. The molecule has 0 unspecified atom stereocenters. The van der Waals surface area contributed by atoms with Crippen LogP contribution < -0.4 is 11.2 Å². The first-order chi connectivity index (χ1) is 8.99. The van der Waals surface area contributed by atoms with Crippen LogP contribution in [-0.4, -0.2) is 56.1 Å². The van der Waals surface area contributed by atoms with E-state index < -0.39 is 48.0 Å². The maximum atomic E-state index is 11.6. The molecule has 9 nitrogen and oxygen atoms in total. The molecule has 1 radical (unpaired) electrons. The summed E-state index contributed by atoms with van der Waals surface area (Å²) in [4.78, 5) is 35.1. The highest BCUT2D eigenvalue weighted by atomic mass is 16.6. The van der Waals surface area contributed by atoms with E-state index in [1.165, 1.54) is 6.29 Å². The van der Waals surface area contributed by atoms with Gasteiger partial charge in [0.25, 0.3) is 5.56 Å². The molecule has 4 N–H and O–H groups in total. The molecule has 0 aromatic carbocycles. The van der Waals surface area contributed by atoms with Crippen molar-refractivity contribution in [2.24, 2.45) is 0 Å². The number of aliphatic hydroxyl groups is 3. The molecule has 0 saturated carbocycles. The summed E-state index contributed by atoms with van der Waals surface area (Å²) in [5, 5.41) is 28.2. The monoisotopic (exact) mass is 271 g/mol. The molecular formula is C10H11N2O7. The van der Waals surface area contributed by atoms with Gasteiger partial charge in [0.2, 0.25) is 6.29 Å². The Labute approximate surface area is 105 Å². The molecule has 103 valence electrons. The van der Waals surface area contributed by atoms with E-state index in [0.717, 1.165) is 10.8 Å². The standard InChI is InChI=1S/C10H11N2O7/c13-2-4-1-12(10(18)11-8(4)17)9-7(16)6(15)5(3-14)19-9/h1,5-7,9,14-16H,3H2,(H,11,17,18)/t5-,6-,7-,9-/m1/s1. The van der Waals surface area contributed by atoms with Gasteiger partial charge >= 0.3 is 5.69 Å². The quantitative estimate of drug-likeness (QED) is 0.449. The lowest BCUT2D eigenvalue weighted by Crippen LogP contribution is -2.38. The van der Waals surface area contributed by atoms with Gasteiger partial charge in [0.15, 0.2) is 6.23 Å². The van der Waals surface area contributed by atoms with Gasteiger partial charge in [0.05, 0.1) is 6.61 Å². The van der Waals surface area contributed by atoms with Gasteiger partial charge in [-0.3, -0.25) is 19.1 Å². The molecule has 0 bridgehead atoms. The van der Waals surface area contributed by atoms with Crippen LogP contribution in [0, 0.1) is 0 Å². The lowest BCUT2D eigenvalue weighted by atomic mass is 10.1. The predicted molar refractivity (Wildman–Crippen MR) is 59.1 cm³/mol. The van der Waals surface area contributed by atoms with Crippen LogP contribution in [0.5, 0.6) is 0 Å².